The van der Waals surface area contributed by atoms with Crippen molar-refractivity contribution in [2.24, 2.45) is 5.10 Å². The van der Waals surface area contributed by atoms with E-state index in [0.29, 0.717) is 5.95 Å². The van der Waals surface area contributed by atoms with E-state index in [1.807, 2.05) is 38.1 Å². The molecule has 0 atom stereocenters. The Balaban J connectivity index is 1.95. The van der Waals surface area contributed by atoms with Gasteiger partial charge in [-0.3, -0.25) is 4.98 Å². The van der Waals surface area contributed by atoms with Crippen molar-refractivity contribution in [3.8, 4) is 5.95 Å². The van der Waals surface area contributed by atoms with Gasteiger partial charge in [-0.1, -0.05) is 6.07 Å². The minimum Gasteiger partial charge on any atom is -0.255 e. The van der Waals surface area contributed by atoms with Gasteiger partial charge in [-0.05, 0) is 32.0 Å². The van der Waals surface area contributed by atoms with Gasteiger partial charge in [0.05, 0.1) is 17.6 Å². The molecule has 0 amide bonds. The van der Waals surface area contributed by atoms with E-state index >= 15 is 0 Å². The van der Waals surface area contributed by atoms with Crippen LogP contribution < -0.4 is 0 Å². The van der Waals surface area contributed by atoms with Gasteiger partial charge < -0.3 is 0 Å². The molecular formula is C13H13N7. The molecule has 0 fully saturated rings. The normalized spacial score (nSPS) is 11.3. The molecule has 0 spiro atoms. The second kappa shape index (κ2) is 5.04. The molecule has 0 bridgehead atoms. The smallest absolute Gasteiger partial charge is 0.255 e. The van der Waals surface area contributed by atoms with E-state index in [9.17, 15) is 0 Å². The van der Waals surface area contributed by atoms with Crippen molar-refractivity contribution in [2.75, 3.05) is 0 Å². The highest BCUT2D eigenvalue weighted by molar-refractivity contribution is 5.76. The molecule has 0 N–H and O–H groups in total. The van der Waals surface area contributed by atoms with Crippen LogP contribution in [-0.2, 0) is 0 Å². The van der Waals surface area contributed by atoms with Gasteiger partial charge in [-0.2, -0.15) is 14.9 Å². The maximum Gasteiger partial charge on any atom is 0.273 e. The lowest BCUT2D eigenvalue weighted by Crippen LogP contribution is -2.06. The topological polar surface area (TPSA) is 73.8 Å². The molecule has 3 aromatic heterocycles. The second-order valence-corrected chi connectivity index (χ2v) is 4.31. The van der Waals surface area contributed by atoms with Gasteiger partial charge >= 0.3 is 0 Å². The fraction of sp³-hybridized carbons (Fsp3) is 0.154. The van der Waals surface area contributed by atoms with Crippen molar-refractivity contribution >= 4 is 6.21 Å². The Morgan fingerprint density at radius 3 is 2.85 bits per heavy atom. The summed E-state index contributed by atoms with van der Waals surface area (Å²) in [7, 11) is 0. The molecular weight excluding hydrogens is 254 g/mol. The van der Waals surface area contributed by atoms with Gasteiger partial charge in [0.25, 0.3) is 5.95 Å². The fourth-order valence-electron chi connectivity index (χ4n) is 1.85. The van der Waals surface area contributed by atoms with E-state index in [1.54, 1.807) is 21.8 Å². The molecule has 0 saturated heterocycles. The van der Waals surface area contributed by atoms with E-state index in [4.69, 9.17) is 0 Å². The van der Waals surface area contributed by atoms with Crippen LogP contribution in [-0.4, -0.2) is 35.9 Å². The molecule has 3 rings (SSSR count). The zero-order valence-corrected chi connectivity index (χ0v) is 11.2. The van der Waals surface area contributed by atoms with Crippen LogP contribution in [0.2, 0.25) is 0 Å². The highest BCUT2D eigenvalue weighted by Crippen LogP contribution is 2.09. The van der Waals surface area contributed by atoms with Crippen molar-refractivity contribution in [1.29, 1.82) is 0 Å². The van der Waals surface area contributed by atoms with E-state index < -0.39 is 0 Å². The molecule has 3 heterocycles. The lowest BCUT2D eigenvalue weighted by atomic mass is 10.4. The number of aromatic nitrogens is 6. The van der Waals surface area contributed by atoms with Crippen LogP contribution in [0.25, 0.3) is 5.95 Å². The summed E-state index contributed by atoms with van der Waals surface area (Å²) in [5.41, 5.74) is 2.66. The molecule has 0 saturated carbocycles. The molecule has 100 valence electrons. The van der Waals surface area contributed by atoms with Crippen LogP contribution in [0.1, 0.15) is 17.1 Å². The van der Waals surface area contributed by atoms with Gasteiger partial charge in [0.1, 0.15) is 6.33 Å². The lowest BCUT2D eigenvalue weighted by molar-refractivity contribution is 0.717. The fourth-order valence-corrected chi connectivity index (χ4v) is 1.85. The summed E-state index contributed by atoms with van der Waals surface area (Å²) in [5.74, 6) is 0.544. The Morgan fingerprint density at radius 2 is 2.15 bits per heavy atom. The molecule has 0 unspecified atom stereocenters. The van der Waals surface area contributed by atoms with Crippen molar-refractivity contribution in [2.45, 2.75) is 13.8 Å². The molecule has 20 heavy (non-hydrogen) atoms. The van der Waals surface area contributed by atoms with E-state index in [2.05, 4.69) is 25.4 Å². The van der Waals surface area contributed by atoms with Crippen molar-refractivity contribution in [3.63, 3.8) is 0 Å². The molecule has 0 radical (unpaired) electrons. The van der Waals surface area contributed by atoms with Gasteiger partial charge in [-0.15, -0.1) is 10.2 Å². The number of pyridine rings is 1. The number of rotatable bonds is 3. The summed E-state index contributed by atoms with van der Waals surface area (Å²) in [6.45, 7) is 3.89. The van der Waals surface area contributed by atoms with Crippen LogP contribution in [0, 0.1) is 13.8 Å². The summed E-state index contributed by atoms with van der Waals surface area (Å²) < 4.78 is 3.27. The summed E-state index contributed by atoms with van der Waals surface area (Å²) in [4.78, 5) is 4.18. The van der Waals surface area contributed by atoms with E-state index in [1.165, 1.54) is 6.33 Å². The molecule has 0 aliphatic rings. The third-order valence-electron chi connectivity index (χ3n) is 2.71. The van der Waals surface area contributed by atoms with Gasteiger partial charge in [0, 0.05) is 11.9 Å². The maximum atomic E-state index is 4.37. The van der Waals surface area contributed by atoms with Gasteiger partial charge in [0.2, 0.25) is 0 Å². The number of aryl methyl sites for hydroxylation is 2. The first kappa shape index (κ1) is 12.2. The molecule has 3 aromatic rings. The highest BCUT2D eigenvalue weighted by atomic mass is 15.5. The maximum absolute atomic E-state index is 4.37. The number of hydrogen-bond donors (Lipinski definition) is 0. The second-order valence-electron chi connectivity index (χ2n) is 4.31. The van der Waals surface area contributed by atoms with Crippen LogP contribution >= 0.6 is 0 Å². The van der Waals surface area contributed by atoms with Crippen molar-refractivity contribution in [1.82, 2.24) is 29.6 Å². The average Bonchev–Trinajstić information content (AvgIpc) is 3.03. The predicted molar refractivity (Wildman–Crippen MR) is 73.8 cm³/mol. The lowest BCUT2D eigenvalue weighted by Gasteiger charge is -2.02. The average molecular weight is 267 g/mol. The first-order valence-corrected chi connectivity index (χ1v) is 6.13. The zero-order valence-electron chi connectivity index (χ0n) is 11.2. The molecule has 0 aliphatic heterocycles. The quantitative estimate of drug-likeness (QED) is 0.671. The molecule has 7 heteroatoms. The predicted octanol–water partition coefficient (Wildman–Crippen LogP) is 1.36. The van der Waals surface area contributed by atoms with Gasteiger partial charge in [-0.25, -0.2) is 4.68 Å². The van der Waals surface area contributed by atoms with Crippen LogP contribution in [0.15, 0.2) is 41.9 Å². The SMILES string of the molecule is Cc1cc(C)n(-c2nncn2/N=C\c2ccccn2)n1. The third-order valence-corrected chi connectivity index (χ3v) is 2.71. The summed E-state index contributed by atoms with van der Waals surface area (Å²) in [6.07, 6.45) is 4.90. The van der Waals surface area contributed by atoms with Crippen molar-refractivity contribution in [3.05, 3.63) is 53.9 Å². The highest BCUT2D eigenvalue weighted by Gasteiger charge is 2.10. The van der Waals surface area contributed by atoms with Crippen molar-refractivity contribution < 1.29 is 0 Å². The minimum absolute atomic E-state index is 0.544. The Kier molecular flexibility index (Phi) is 3.08. The largest absolute Gasteiger partial charge is 0.273 e. The standard InChI is InChI=1S/C13H13N7/c1-10-7-11(2)20(18-10)13-17-15-9-19(13)16-8-12-5-3-4-6-14-12/h3-9H,1-2H3/b16-8-. The Labute approximate surface area is 115 Å². The Morgan fingerprint density at radius 1 is 1.25 bits per heavy atom. The van der Waals surface area contributed by atoms with Gasteiger partial charge in [0.15, 0.2) is 0 Å². The monoisotopic (exact) mass is 267 g/mol. The Bertz CT molecular complexity index is 739. The number of nitrogens with zero attached hydrogens (tertiary/aromatic N) is 7. The summed E-state index contributed by atoms with van der Waals surface area (Å²) in [5, 5.41) is 16.6. The first-order valence-electron chi connectivity index (χ1n) is 6.13. The Hall–Kier alpha value is -2.83. The minimum atomic E-state index is 0.544. The molecule has 0 aliphatic carbocycles. The summed E-state index contributed by atoms with van der Waals surface area (Å²) >= 11 is 0. The third kappa shape index (κ3) is 2.33. The molecule has 7 nitrogen and oxygen atoms in total. The first-order chi connectivity index (χ1) is 9.74. The summed E-state index contributed by atoms with van der Waals surface area (Å²) in [6, 6.07) is 7.61. The van der Waals surface area contributed by atoms with E-state index in [-0.39, 0.29) is 0 Å². The number of hydrogen-bond acceptors (Lipinski definition) is 5. The van der Waals surface area contributed by atoms with Crippen LogP contribution in [0.3, 0.4) is 0 Å². The zero-order chi connectivity index (χ0) is 13.9. The molecule has 0 aromatic carbocycles. The van der Waals surface area contributed by atoms with Crippen LogP contribution in [0.5, 0.6) is 0 Å². The van der Waals surface area contributed by atoms with Crippen LogP contribution in [0.4, 0.5) is 0 Å². The van der Waals surface area contributed by atoms with E-state index in [0.717, 1.165) is 17.1 Å².